The van der Waals surface area contributed by atoms with Gasteiger partial charge in [0.2, 0.25) is 0 Å². The summed E-state index contributed by atoms with van der Waals surface area (Å²) in [6.45, 7) is 6.26. The molecule has 5 nitrogen and oxygen atoms in total. The van der Waals surface area contributed by atoms with Gasteiger partial charge in [0, 0.05) is 48.3 Å². The number of ketones is 1. The van der Waals surface area contributed by atoms with E-state index in [2.05, 4.69) is 29.9 Å². The maximum atomic E-state index is 12.1. The topological polar surface area (TPSA) is 65.0 Å². The third-order valence-corrected chi connectivity index (χ3v) is 5.63. The second-order valence-corrected chi connectivity index (χ2v) is 7.91. The number of rotatable bonds is 10. The number of pyridine rings is 1. The lowest BCUT2D eigenvalue weighted by molar-refractivity contribution is -0.118. The molecule has 0 spiro atoms. The van der Waals surface area contributed by atoms with Crippen LogP contribution in [0.2, 0.25) is 0 Å². The van der Waals surface area contributed by atoms with Crippen molar-refractivity contribution in [3.05, 3.63) is 71.3 Å². The van der Waals surface area contributed by atoms with Gasteiger partial charge in [0.25, 0.3) is 0 Å². The highest BCUT2D eigenvalue weighted by atomic mass is 16.5. The first kappa shape index (κ1) is 22.6. The van der Waals surface area contributed by atoms with Crippen LogP contribution >= 0.6 is 0 Å². The van der Waals surface area contributed by atoms with Gasteiger partial charge >= 0.3 is 0 Å². The lowest BCUT2D eigenvalue weighted by Crippen LogP contribution is -2.07. The molecule has 162 valence electrons. The average Bonchev–Trinajstić information content (AvgIpc) is 2.79. The summed E-state index contributed by atoms with van der Waals surface area (Å²) in [5, 5.41) is 0. The monoisotopic (exact) mass is 417 g/mol. The molecule has 0 unspecified atom stereocenters. The van der Waals surface area contributed by atoms with Crippen LogP contribution in [0, 0.1) is 6.92 Å². The van der Waals surface area contributed by atoms with Crippen molar-refractivity contribution >= 4 is 5.78 Å². The van der Waals surface area contributed by atoms with Crippen LogP contribution in [0.25, 0.3) is 11.4 Å². The number of hydrogen-bond acceptors (Lipinski definition) is 5. The number of Topliss-reactive ketones (excluding diaryl/α,β-unsaturated/α-hetero) is 1. The molecule has 2 aromatic heterocycles. The van der Waals surface area contributed by atoms with Gasteiger partial charge in [-0.05, 0) is 55.4 Å². The summed E-state index contributed by atoms with van der Waals surface area (Å²) in [5.74, 6) is 1.96. The van der Waals surface area contributed by atoms with Crippen molar-refractivity contribution in [2.24, 2.45) is 0 Å². The van der Waals surface area contributed by atoms with Crippen LogP contribution < -0.4 is 4.74 Å². The largest absolute Gasteiger partial charge is 0.496 e. The molecule has 0 aliphatic carbocycles. The minimum Gasteiger partial charge on any atom is -0.496 e. The highest BCUT2D eigenvalue weighted by molar-refractivity contribution is 5.81. The Morgan fingerprint density at radius 1 is 1.16 bits per heavy atom. The van der Waals surface area contributed by atoms with Crippen molar-refractivity contribution in [1.82, 2.24) is 15.0 Å². The molecule has 0 saturated heterocycles. The zero-order chi connectivity index (χ0) is 22.2. The third-order valence-electron chi connectivity index (χ3n) is 5.63. The Morgan fingerprint density at radius 2 is 2.00 bits per heavy atom. The van der Waals surface area contributed by atoms with Gasteiger partial charge in [-0.1, -0.05) is 32.0 Å². The van der Waals surface area contributed by atoms with Crippen LogP contribution in [0.1, 0.15) is 61.4 Å². The predicted octanol–water partition coefficient (Wildman–Crippen LogP) is 5.50. The number of hydrogen-bond donors (Lipinski definition) is 0. The van der Waals surface area contributed by atoms with E-state index in [4.69, 9.17) is 9.72 Å². The lowest BCUT2D eigenvalue weighted by Gasteiger charge is -2.16. The molecule has 5 heteroatoms. The Balaban J connectivity index is 1.87. The van der Waals surface area contributed by atoms with E-state index in [0.29, 0.717) is 30.3 Å². The van der Waals surface area contributed by atoms with Gasteiger partial charge in [-0.15, -0.1) is 0 Å². The van der Waals surface area contributed by atoms with E-state index in [1.165, 1.54) is 5.56 Å². The second kappa shape index (κ2) is 10.8. The second-order valence-electron chi connectivity index (χ2n) is 7.91. The van der Waals surface area contributed by atoms with Crippen LogP contribution in [0.5, 0.6) is 5.75 Å². The Hall–Kier alpha value is -3.08. The van der Waals surface area contributed by atoms with E-state index in [1.807, 2.05) is 43.6 Å². The number of methoxy groups -OCH3 is 1. The highest BCUT2D eigenvalue weighted by Gasteiger charge is 2.16. The Morgan fingerprint density at radius 3 is 2.68 bits per heavy atom. The smallest absolute Gasteiger partial charge is 0.159 e. The van der Waals surface area contributed by atoms with E-state index in [9.17, 15) is 4.79 Å². The zero-order valence-electron chi connectivity index (χ0n) is 18.9. The molecule has 0 fully saturated rings. The summed E-state index contributed by atoms with van der Waals surface area (Å²) >= 11 is 0. The molecule has 3 rings (SSSR count). The zero-order valence-corrected chi connectivity index (χ0v) is 18.9. The first-order chi connectivity index (χ1) is 15.0. The first-order valence-corrected chi connectivity index (χ1v) is 11.0. The summed E-state index contributed by atoms with van der Waals surface area (Å²) in [4.78, 5) is 25.8. The molecule has 0 saturated carbocycles. The molecule has 0 aliphatic heterocycles. The van der Waals surface area contributed by atoms with Gasteiger partial charge in [-0.3, -0.25) is 9.78 Å². The molecule has 0 bridgehead atoms. The minimum absolute atomic E-state index is 0.225. The van der Waals surface area contributed by atoms with Crippen LogP contribution in [-0.4, -0.2) is 27.8 Å². The van der Waals surface area contributed by atoms with Crippen molar-refractivity contribution < 1.29 is 9.53 Å². The molecule has 0 radical (unpaired) electrons. The van der Waals surface area contributed by atoms with Crippen molar-refractivity contribution in [1.29, 1.82) is 0 Å². The highest BCUT2D eigenvalue weighted by Crippen LogP contribution is 2.28. The number of carbonyl (C=O) groups is 1. The number of benzene rings is 1. The fourth-order valence-corrected chi connectivity index (χ4v) is 3.78. The van der Waals surface area contributed by atoms with E-state index in [1.54, 1.807) is 13.3 Å². The number of aryl methyl sites for hydroxylation is 1. The van der Waals surface area contributed by atoms with Gasteiger partial charge in [0.05, 0.1) is 7.11 Å². The minimum atomic E-state index is 0.225. The third kappa shape index (κ3) is 5.75. The molecular formula is C26H31N3O2. The van der Waals surface area contributed by atoms with Crippen molar-refractivity contribution in [2.75, 3.05) is 7.11 Å². The fourth-order valence-electron chi connectivity index (χ4n) is 3.78. The van der Waals surface area contributed by atoms with Crippen LogP contribution in [0.4, 0.5) is 0 Å². The van der Waals surface area contributed by atoms with Crippen LogP contribution in [0.3, 0.4) is 0 Å². The number of carbonyl (C=O) groups excluding carboxylic acids is 1. The van der Waals surface area contributed by atoms with E-state index in [-0.39, 0.29) is 5.78 Å². The lowest BCUT2D eigenvalue weighted by atomic mass is 9.92. The van der Waals surface area contributed by atoms with Gasteiger partial charge in [0.1, 0.15) is 11.5 Å². The normalized spacial score (nSPS) is 11.9. The molecule has 2 heterocycles. The Bertz CT molecular complexity index is 1020. The first-order valence-electron chi connectivity index (χ1n) is 11.0. The number of ether oxygens (including phenoxy) is 1. The van der Waals surface area contributed by atoms with Crippen LogP contribution in [0.15, 0.2) is 48.9 Å². The van der Waals surface area contributed by atoms with Crippen molar-refractivity contribution in [3.63, 3.8) is 0 Å². The fraction of sp³-hybridized carbons (Fsp3) is 0.385. The van der Waals surface area contributed by atoms with Gasteiger partial charge < -0.3 is 4.74 Å². The van der Waals surface area contributed by atoms with Gasteiger partial charge in [0.15, 0.2) is 5.82 Å². The number of nitrogens with zero attached hydrogens (tertiary/aromatic N) is 3. The quantitative estimate of drug-likeness (QED) is 0.435. The Kier molecular flexibility index (Phi) is 7.88. The van der Waals surface area contributed by atoms with Gasteiger partial charge in [-0.25, -0.2) is 9.97 Å². The van der Waals surface area contributed by atoms with E-state index < -0.39 is 0 Å². The summed E-state index contributed by atoms with van der Waals surface area (Å²) in [6.07, 6.45) is 9.32. The molecule has 0 aliphatic rings. The molecule has 0 N–H and O–H groups in total. The maximum Gasteiger partial charge on any atom is 0.159 e. The van der Waals surface area contributed by atoms with Gasteiger partial charge in [-0.2, -0.15) is 0 Å². The SMILES string of the molecule is CCCC(=O)Cc1ccc(-c2ncc(C)c(C[C@@H](CC)c3cccnc3)n2)cc1OC. The summed E-state index contributed by atoms with van der Waals surface area (Å²) in [7, 11) is 1.63. The standard InChI is InChI=1S/C26H31N3O2/c1-5-8-23(30)13-20-10-11-21(15-25(20)31-4)26-28-16-18(3)24(29-26)14-19(6-2)22-9-7-12-27-17-22/h7,9-12,15-17,19H,5-6,8,13-14H2,1-4H3/t19-/m1/s1. The van der Waals surface area contributed by atoms with E-state index in [0.717, 1.165) is 41.6 Å². The van der Waals surface area contributed by atoms with Crippen molar-refractivity contribution in [3.8, 4) is 17.1 Å². The van der Waals surface area contributed by atoms with Crippen molar-refractivity contribution in [2.45, 2.75) is 58.8 Å². The molecule has 1 atom stereocenters. The average molecular weight is 418 g/mol. The summed E-state index contributed by atoms with van der Waals surface area (Å²) < 4.78 is 5.57. The summed E-state index contributed by atoms with van der Waals surface area (Å²) in [5.41, 5.74) is 5.15. The molecule has 0 amide bonds. The molecule has 31 heavy (non-hydrogen) atoms. The molecular weight excluding hydrogens is 386 g/mol. The van der Waals surface area contributed by atoms with E-state index >= 15 is 0 Å². The predicted molar refractivity (Wildman–Crippen MR) is 123 cm³/mol. The Labute approximate surface area is 184 Å². The maximum absolute atomic E-state index is 12.1. The molecule has 1 aromatic carbocycles. The van der Waals surface area contributed by atoms with Crippen LogP contribution in [-0.2, 0) is 17.6 Å². The summed E-state index contributed by atoms with van der Waals surface area (Å²) in [6, 6.07) is 9.97. The molecule has 3 aromatic rings. The number of aromatic nitrogens is 3.